The summed E-state index contributed by atoms with van der Waals surface area (Å²) < 4.78 is 7.52. The minimum atomic E-state index is -0.369. The molecule has 1 aliphatic rings. The lowest BCUT2D eigenvalue weighted by atomic mass is 9.92. The molecule has 0 unspecified atom stereocenters. The Hall–Kier alpha value is -1.96. The number of furan rings is 1. The summed E-state index contributed by atoms with van der Waals surface area (Å²) in [6, 6.07) is 3.79. The Morgan fingerprint density at radius 3 is 2.72 bits per heavy atom. The number of primary amides is 1. The Balaban J connectivity index is 1.91. The van der Waals surface area contributed by atoms with Crippen LogP contribution in [-0.4, -0.2) is 39.0 Å². The third-order valence-corrected chi connectivity index (χ3v) is 5.52. The molecule has 1 saturated heterocycles. The van der Waals surface area contributed by atoms with E-state index >= 15 is 0 Å². The van der Waals surface area contributed by atoms with E-state index in [0.29, 0.717) is 23.5 Å². The van der Waals surface area contributed by atoms with Gasteiger partial charge in [-0.2, -0.15) is 0 Å². The number of aromatic nitrogens is 3. The zero-order valence-electron chi connectivity index (χ0n) is 14.9. The maximum Gasteiger partial charge on any atom is 0.230 e. The average Bonchev–Trinajstić information content (AvgIpc) is 3.17. The van der Waals surface area contributed by atoms with E-state index in [4.69, 9.17) is 10.2 Å². The molecule has 0 aromatic carbocycles. The van der Waals surface area contributed by atoms with Crippen molar-refractivity contribution in [3.05, 3.63) is 24.2 Å². The average molecular weight is 363 g/mol. The number of rotatable bonds is 6. The SMILES string of the molecule is C[C@@H]1C[C@H](C)CN(c2nnc(S[C@@H](C)C(N)=O)n2Cc2ccco2)C1. The molecule has 0 spiro atoms. The Kier molecular flexibility index (Phi) is 5.36. The molecule has 3 atom stereocenters. The normalized spacial score (nSPS) is 22.1. The third kappa shape index (κ3) is 4.18. The number of anilines is 1. The van der Waals surface area contributed by atoms with Crippen LogP contribution in [0.5, 0.6) is 0 Å². The van der Waals surface area contributed by atoms with Crippen molar-refractivity contribution in [2.45, 2.75) is 44.1 Å². The first-order chi connectivity index (χ1) is 11.9. The Morgan fingerprint density at radius 1 is 1.40 bits per heavy atom. The molecule has 3 heterocycles. The smallest absolute Gasteiger partial charge is 0.230 e. The van der Waals surface area contributed by atoms with E-state index < -0.39 is 0 Å². The lowest BCUT2D eigenvalue weighted by Crippen LogP contribution is -2.40. The molecule has 8 heteroatoms. The molecule has 1 fully saturated rings. The van der Waals surface area contributed by atoms with Gasteiger partial charge in [-0.1, -0.05) is 25.6 Å². The van der Waals surface area contributed by atoms with Gasteiger partial charge in [-0.05, 0) is 37.3 Å². The van der Waals surface area contributed by atoms with Crippen LogP contribution < -0.4 is 10.6 Å². The molecule has 0 aliphatic carbocycles. The first-order valence-corrected chi connectivity index (χ1v) is 9.48. The summed E-state index contributed by atoms with van der Waals surface area (Å²) in [7, 11) is 0. The van der Waals surface area contributed by atoms with Gasteiger partial charge in [0.05, 0.1) is 18.1 Å². The molecule has 0 radical (unpaired) electrons. The number of carbonyl (C=O) groups is 1. The summed E-state index contributed by atoms with van der Waals surface area (Å²) in [5.74, 6) is 2.51. The van der Waals surface area contributed by atoms with Crippen molar-refractivity contribution < 1.29 is 9.21 Å². The topological polar surface area (TPSA) is 90.2 Å². The fourth-order valence-corrected chi connectivity index (χ4v) is 4.14. The van der Waals surface area contributed by atoms with Crippen LogP contribution in [0.4, 0.5) is 5.95 Å². The van der Waals surface area contributed by atoms with Gasteiger partial charge >= 0.3 is 0 Å². The van der Waals surface area contributed by atoms with Gasteiger partial charge in [0.15, 0.2) is 5.16 Å². The van der Waals surface area contributed by atoms with E-state index in [1.54, 1.807) is 13.2 Å². The van der Waals surface area contributed by atoms with Crippen molar-refractivity contribution in [3.8, 4) is 0 Å². The largest absolute Gasteiger partial charge is 0.467 e. The maximum absolute atomic E-state index is 11.4. The highest BCUT2D eigenvalue weighted by Gasteiger charge is 2.28. The lowest BCUT2D eigenvalue weighted by Gasteiger charge is -2.35. The van der Waals surface area contributed by atoms with Gasteiger partial charge in [0.1, 0.15) is 5.76 Å². The first-order valence-electron chi connectivity index (χ1n) is 8.60. The molecule has 136 valence electrons. The standard InChI is InChI=1S/C17H25N5O2S/c1-11-7-12(2)9-21(8-11)16-19-20-17(25-13(3)15(18)23)22(16)10-14-5-4-6-24-14/h4-6,11-13H,7-10H2,1-3H3,(H2,18,23)/t11-,12+,13-/m0/s1. The minimum Gasteiger partial charge on any atom is -0.467 e. The number of nitrogens with two attached hydrogens (primary N) is 1. The maximum atomic E-state index is 11.4. The highest BCUT2D eigenvalue weighted by molar-refractivity contribution is 8.00. The number of amides is 1. The van der Waals surface area contributed by atoms with Gasteiger partial charge in [-0.25, -0.2) is 0 Å². The summed E-state index contributed by atoms with van der Waals surface area (Å²) in [6.07, 6.45) is 2.88. The van der Waals surface area contributed by atoms with Crippen LogP contribution in [0, 0.1) is 11.8 Å². The minimum absolute atomic E-state index is 0.362. The molecule has 25 heavy (non-hydrogen) atoms. The highest BCUT2D eigenvalue weighted by atomic mass is 32.2. The number of carbonyl (C=O) groups excluding carboxylic acids is 1. The Labute approximate surface area is 152 Å². The van der Waals surface area contributed by atoms with Gasteiger partial charge in [-0.3, -0.25) is 9.36 Å². The molecule has 3 rings (SSSR count). The highest BCUT2D eigenvalue weighted by Crippen LogP contribution is 2.30. The van der Waals surface area contributed by atoms with Gasteiger partial charge in [-0.15, -0.1) is 10.2 Å². The van der Waals surface area contributed by atoms with Crippen LogP contribution in [0.25, 0.3) is 0 Å². The van der Waals surface area contributed by atoms with Gasteiger partial charge in [0.25, 0.3) is 0 Å². The first kappa shape index (κ1) is 17.8. The van der Waals surface area contributed by atoms with Gasteiger partial charge in [0.2, 0.25) is 11.9 Å². The quantitative estimate of drug-likeness (QED) is 0.793. The number of hydrogen-bond acceptors (Lipinski definition) is 6. The van der Waals surface area contributed by atoms with E-state index in [1.165, 1.54) is 18.2 Å². The van der Waals surface area contributed by atoms with E-state index in [0.717, 1.165) is 24.8 Å². The summed E-state index contributed by atoms with van der Waals surface area (Å²) in [4.78, 5) is 13.7. The van der Waals surface area contributed by atoms with Crippen LogP contribution >= 0.6 is 11.8 Å². The van der Waals surface area contributed by atoms with Crippen molar-refractivity contribution in [1.82, 2.24) is 14.8 Å². The number of piperidine rings is 1. The molecule has 2 N–H and O–H groups in total. The van der Waals surface area contributed by atoms with Crippen LogP contribution in [0.1, 0.15) is 33.0 Å². The molecule has 7 nitrogen and oxygen atoms in total. The predicted octanol–water partition coefficient (Wildman–Crippen LogP) is 2.37. The van der Waals surface area contributed by atoms with Crippen molar-refractivity contribution in [2.24, 2.45) is 17.6 Å². The number of hydrogen-bond donors (Lipinski definition) is 1. The molecule has 0 saturated carbocycles. The zero-order chi connectivity index (χ0) is 18.0. The van der Waals surface area contributed by atoms with Gasteiger partial charge in [0, 0.05) is 13.1 Å². The number of nitrogens with zero attached hydrogens (tertiary/aromatic N) is 4. The van der Waals surface area contributed by atoms with Gasteiger partial charge < -0.3 is 15.1 Å². The van der Waals surface area contributed by atoms with Crippen molar-refractivity contribution in [3.63, 3.8) is 0 Å². The van der Waals surface area contributed by atoms with Crippen molar-refractivity contribution in [2.75, 3.05) is 18.0 Å². The molecule has 0 bridgehead atoms. The molecular weight excluding hydrogens is 338 g/mol. The van der Waals surface area contributed by atoms with Crippen LogP contribution in [-0.2, 0) is 11.3 Å². The molecule has 1 aliphatic heterocycles. The monoisotopic (exact) mass is 363 g/mol. The van der Waals surface area contributed by atoms with E-state index in [-0.39, 0.29) is 11.2 Å². The second-order valence-corrected chi connectivity index (χ2v) is 8.27. The van der Waals surface area contributed by atoms with Crippen molar-refractivity contribution in [1.29, 1.82) is 0 Å². The Bertz CT molecular complexity index is 705. The van der Waals surface area contributed by atoms with E-state index in [2.05, 4.69) is 28.9 Å². The molecule has 2 aromatic heterocycles. The summed E-state index contributed by atoms with van der Waals surface area (Å²) in [6.45, 7) is 8.75. The Morgan fingerprint density at radius 2 is 2.12 bits per heavy atom. The van der Waals surface area contributed by atoms with Crippen LogP contribution in [0.2, 0.25) is 0 Å². The summed E-state index contributed by atoms with van der Waals surface area (Å²) >= 11 is 1.33. The zero-order valence-corrected chi connectivity index (χ0v) is 15.7. The van der Waals surface area contributed by atoms with E-state index in [9.17, 15) is 4.79 Å². The lowest BCUT2D eigenvalue weighted by molar-refractivity contribution is -0.117. The molecule has 2 aromatic rings. The van der Waals surface area contributed by atoms with Crippen LogP contribution in [0.15, 0.2) is 28.0 Å². The molecular formula is C17H25N5O2S. The van der Waals surface area contributed by atoms with Crippen LogP contribution in [0.3, 0.4) is 0 Å². The third-order valence-electron chi connectivity index (χ3n) is 4.43. The summed E-state index contributed by atoms with van der Waals surface area (Å²) in [5, 5.41) is 9.07. The van der Waals surface area contributed by atoms with Crippen molar-refractivity contribution >= 4 is 23.6 Å². The second kappa shape index (κ2) is 7.51. The second-order valence-electron chi connectivity index (χ2n) is 6.96. The summed E-state index contributed by atoms with van der Waals surface area (Å²) in [5.41, 5.74) is 5.41. The fraction of sp³-hybridized carbons (Fsp3) is 0.588. The molecule has 1 amide bonds. The number of thioether (sulfide) groups is 1. The predicted molar refractivity (Wildman–Crippen MR) is 97.5 cm³/mol. The fourth-order valence-electron chi connectivity index (χ4n) is 3.34. The van der Waals surface area contributed by atoms with E-state index in [1.807, 2.05) is 16.7 Å².